The molecule has 54 heavy (non-hydrogen) atoms. The lowest BCUT2D eigenvalue weighted by Crippen LogP contribution is -1.96. The fraction of sp³-hybridized carbons (Fsp3) is 0. The maximum atomic E-state index is 5.22. The van der Waals surface area contributed by atoms with Crippen LogP contribution in [0.4, 0.5) is 0 Å². The van der Waals surface area contributed by atoms with Gasteiger partial charge >= 0.3 is 0 Å². The summed E-state index contributed by atoms with van der Waals surface area (Å²) in [5.74, 6) is 0.687. The van der Waals surface area contributed by atoms with Crippen molar-refractivity contribution in [3.8, 4) is 67.3 Å². The van der Waals surface area contributed by atoms with Crippen LogP contribution in [0.15, 0.2) is 200 Å². The molecule has 10 rings (SSSR count). The molecular formula is C51H33N3. The first-order chi connectivity index (χ1) is 26.8. The number of fused-ring (bicyclic) bond motifs is 3. The first-order valence-electron chi connectivity index (χ1n) is 18.3. The highest BCUT2D eigenvalue weighted by Gasteiger charge is 2.19. The van der Waals surface area contributed by atoms with Crippen LogP contribution in [0.2, 0.25) is 0 Å². The average molecular weight is 688 g/mol. The zero-order valence-electron chi connectivity index (χ0n) is 29.4. The van der Waals surface area contributed by atoms with Gasteiger partial charge in [0.05, 0.1) is 11.4 Å². The number of aromatic nitrogens is 3. The van der Waals surface area contributed by atoms with Gasteiger partial charge in [-0.25, -0.2) is 9.97 Å². The monoisotopic (exact) mass is 687 g/mol. The van der Waals surface area contributed by atoms with Crippen LogP contribution in [-0.4, -0.2) is 15.0 Å². The van der Waals surface area contributed by atoms with Crippen molar-refractivity contribution >= 4 is 32.3 Å². The summed E-state index contributed by atoms with van der Waals surface area (Å²) in [5.41, 5.74) is 11.9. The molecule has 0 aliphatic heterocycles. The summed E-state index contributed by atoms with van der Waals surface area (Å²) in [6.07, 6.45) is 3.65. The Morgan fingerprint density at radius 3 is 1.46 bits per heavy atom. The summed E-state index contributed by atoms with van der Waals surface area (Å²) in [7, 11) is 0. The van der Waals surface area contributed by atoms with Crippen LogP contribution in [0.5, 0.6) is 0 Å². The molecule has 3 nitrogen and oxygen atoms in total. The Balaban J connectivity index is 1.15. The predicted molar refractivity (Wildman–Crippen MR) is 225 cm³/mol. The second kappa shape index (κ2) is 13.4. The second-order valence-corrected chi connectivity index (χ2v) is 13.6. The van der Waals surface area contributed by atoms with E-state index in [1.807, 2.05) is 30.6 Å². The first-order valence-corrected chi connectivity index (χ1v) is 18.3. The third-order valence-electron chi connectivity index (χ3n) is 10.4. The molecule has 0 atom stereocenters. The Morgan fingerprint density at radius 2 is 0.778 bits per heavy atom. The lowest BCUT2D eigenvalue weighted by molar-refractivity contribution is 1.18. The molecule has 0 N–H and O–H groups in total. The smallest absolute Gasteiger partial charge is 0.160 e. The summed E-state index contributed by atoms with van der Waals surface area (Å²) in [5, 5.41) is 7.38. The van der Waals surface area contributed by atoms with Gasteiger partial charge in [-0.3, -0.25) is 4.98 Å². The molecule has 0 saturated heterocycles. The lowest BCUT2D eigenvalue weighted by Gasteiger charge is -2.19. The average Bonchev–Trinajstić information content (AvgIpc) is 3.26. The van der Waals surface area contributed by atoms with E-state index in [2.05, 4.69) is 175 Å². The summed E-state index contributed by atoms with van der Waals surface area (Å²) >= 11 is 0. The molecule has 0 amide bonds. The van der Waals surface area contributed by atoms with Crippen molar-refractivity contribution in [2.24, 2.45) is 0 Å². The summed E-state index contributed by atoms with van der Waals surface area (Å²) in [6.45, 7) is 0. The fourth-order valence-electron chi connectivity index (χ4n) is 7.85. The third kappa shape index (κ3) is 5.60. The molecule has 0 saturated carbocycles. The van der Waals surface area contributed by atoms with Gasteiger partial charge in [-0.1, -0.05) is 164 Å². The molecule has 252 valence electrons. The van der Waals surface area contributed by atoms with Crippen LogP contribution >= 0.6 is 0 Å². The van der Waals surface area contributed by atoms with E-state index in [1.165, 1.54) is 49.0 Å². The van der Waals surface area contributed by atoms with E-state index in [0.29, 0.717) is 5.82 Å². The van der Waals surface area contributed by atoms with Gasteiger partial charge in [0, 0.05) is 29.1 Å². The maximum Gasteiger partial charge on any atom is 0.160 e. The number of hydrogen-bond acceptors (Lipinski definition) is 3. The number of nitrogens with zero attached hydrogens (tertiary/aromatic N) is 3. The van der Waals surface area contributed by atoms with Crippen LogP contribution in [0.3, 0.4) is 0 Å². The molecule has 8 aromatic carbocycles. The number of benzene rings is 8. The molecule has 2 heterocycles. The highest BCUT2D eigenvalue weighted by molar-refractivity contribution is 6.23. The van der Waals surface area contributed by atoms with Crippen molar-refractivity contribution in [1.82, 2.24) is 15.0 Å². The van der Waals surface area contributed by atoms with E-state index in [4.69, 9.17) is 9.97 Å². The van der Waals surface area contributed by atoms with Crippen LogP contribution in [0.25, 0.3) is 99.6 Å². The molecule has 2 aromatic heterocycles. The Labute approximate surface area is 313 Å². The highest BCUT2D eigenvalue weighted by atomic mass is 14.9. The molecule has 0 radical (unpaired) electrons. The fourth-order valence-corrected chi connectivity index (χ4v) is 7.85. The van der Waals surface area contributed by atoms with Crippen molar-refractivity contribution in [3.63, 3.8) is 0 Å². The summed E-state index contributed by atoms with van der Waals surface area (Å²) < 4.78 is 0. The van der Waals surface area contributed by atoms with Crippen LogP contribution < -0.4 is 0 Å². The number of rotatable bonds is 6. The first kappa shape index (κ1) is 31.5. The van der Waals surface area contributed by atoms with E-state index in [9.17, 15) is 0 Å². The van der Waals surface area contributed by atoms with Gasteiger partial charge < -0.3 is 0 Å². The molecule has 10 aromatic rings. The van der Waals surface area contributed by atoms with Gasteiger partial charge in [-0.2, -0.15) is 0 Å². The van der Waals surface area contributed by atoms with E-state index >= 15 is 0 Å². The topological polar surface area (TPSA) is 38.7 Å². The number of hydrogen-bond donors (Lipinski definition) is 0. The zero-order valence-corrected chi connectivity index (χ0v) is 29.4. The van der Waals surface area contributed by atoms with Gasteiger partial charge in [0.25, 0.3) is 0 Å². The van der Waals surface area contributed by atoms with E-state index < -0.39 is 0 Å². The molecule has 0 aliphatic rings. The van der Waals surface area contributed by atoms with Crippen molar-refractivity contribution < 1.29 is 0 Å². The Hall–Kier alpha value is -7.23. The van der Waals surface area contributed by atoms with E-state index in [0.717, 1.165) is 44.8 Å². The SMILES string of the molecule is c1ccc(-c2cc(-c3ccc(-c4ccncc4)cc3)nc(-c3cccc(-c4c5ccccc5c(-c5cccc6ccccc56)c5ccccc45)c3)n2)cc1. The Kier molecular flexibility index (Phi) is 7.81. The van der Waals surface area contributed by atoms with Crippen LogP contribution in [0.1, 0.15) is 0 Å². The van der Waals surface area contributed by atoms with Crippen molar-refractivity contribution in [1.29, 1.82) is 0 Å². The van der Waals surface area contributed by atoms with Crippen molar-refractivity contribution in [2.45, 2.75) is 0 Å². The molecule has 3 heteroatoms. The van der Waals surface area contributed by atoms with Crippen LogP contribution in [0, 0.1) is 0 Å². The van der Waals surface area contributed by atoms with Gasteiger partial charge in [0.2, 0.25) is 0 Å². The van der Waals surface area contributed by atoms with E-state index in [-0.39, 0.29) is 0 Å². The van der Waals surface area contributed by atoms with Crippen LogP contribution in [-0.2, 0) is 0 Å². The lowest BCUT2D eigenvalue weighted by atomic mass is 9.84. The van der Waals surface area contributed by atoms with Gasteiger partial charge in [-0.05, 0) is 90.0 Å². The maximum absolute atomic E-state index is 5.22. The standard InChI is InChI=1S/C51H33N3/c1-2-13-37(14-3-1)47-33-48(38-26-24-34(25-27-38)35-28-30-52-31-29-35)54-51(53-47)40-17-10-16-39(32-40)49-43-19-6-8-21-45(43)50(46-22-9-7-20-44(46)49)42-23-11-15-36-12-4-5-18-41(36)42/h1-33H. The third-order valence-corrected chi connectivity index (χ3v) is 10.4. The van der Waals surface area contributed by atoms with Gasteiger partial charge in [0.1, 0.15) is 0 Å². The molecule has 0 aliphatic carbocycles. The predicted octanol–water partition coefficient (Wildman–Crippen LogP) is 13.3. The Bertz CT molecular complexity index is 2910. The Morgan fingerprint density at radius 1 is 0.296 bits per heavy atom. The quantitative estimate of drug-likeness (QED) is 0.163. The van der Waals surface area contributed by atoms with E-state index in [1.54, 1.807) is 0 Å². The van der Waals surface area contributed by atoms with Crippen molar-refractivity contribution in [3.05, 3.63) is 200 Å². The molecular weight excluding hydrogens is 655 g/mol. The summed E-state index contributed by atoms with van der Waals surface area (Å²) in [6, 6.07) is 66.8. The largest absolute Gasteiger partial charge is 0.265 e. The normalized spacial score (nSPS) is 11.3. The molecule has 0 spiro atoms. The molecule has 0 unspecified atom stereocenters. The second-order valence-electron chi connectivity index (χ2n) is 13.6. The van der Waals surface area contributed by atoms with Gasteiger partial charge in [0.15, 0.2) is 5.82 Å². The van der Waals surface area contributed by atoms with Crippen molar-refractivity contribution in [2.75, 3.05) is 0 Å². The van der Waals surface area contributed by atoms with Gasteiger partial charge in [-0.15, -0.1) is 0 Å². The highest BCUT2D eigenvalue weighted by Crippen LogP contribution is 2.45. The minimum Gasteiger partial charge on any atom is -0.265 e. The molecule has 0 fully saturated rings. The minimum absolute atomic E-state index is 0.687. The summed E-state index contributed by atoms with van der Waals surface area (Å²) in [4.78, 5) is 14.6. The minimum atomic E-state index is 0.687. The zero-order chi connectivity index (χ0) is 35.8. The number of pyridine rings is 1. The molecule has 0 bridgehead atoms.